The van der Waals surface area contributed by atoms with Crippen LogP contribution in [0.4, 0.5) is 4.79 Å². The van der Waals surface area contributed by atoms with Crippen molar-refractivity contribution >= 4 is 6.16 Å². The van der Waals surface area contributed by atoms with Crippen molar-refractivity contribution in [2.75, 3.05) is 0 Å². The Hall–Kier alpha value is -2.29. The maximum atomic E-state index is 11.9. The summed E-state index contributed by atoms with van der Waals surface area (Å²) >= 11 is 0. The minimum atomic E-state index is -0.721. The van der Waals surface area contributed by atoms with Crippen LogP contribution < -0.4 is 9.47 Å². The second-order valence-corrected chi connectivity index (χ2v) is 6.46. The third-order valence-corrected chi connectivity index (χ3v) is 3.46. The Balaban J connectivity index is 2.18. The molecule has 0 atom stereocenters. The lowest BCUT2D eigenvalue weighted by Gasteiger charge is -2.21. The van der Waals surface area contributed by atoms with Gasteiger partial charge in [0.25, 0.3) is 0 Å². The molecule has 0 aliphatic carbocycles. The first-order chi connectivity index (χ1) is 10.3. The van der Waals surface area contributed by atoms with Gasteiger partial charge in [-0.1, -0.05) is 51.1 Å². The van der Waals surface area contributed by atoms with E-state index in [1.165, 1.54) is 5.56 Å². The van der Waals surface area contributed by atoms with Crippen LogP contribution in [0.3, 0.4) is 0 Å². The molecule has 3 heteroatoms. The highest BCUT2D eigenvalue weighted by atomic mass is 16.7. The molecule has 0 amide bonds. The summed E-state index contributed by atoms with van der Waals surface area (Å²) in [7, 11) is 0. The Labute approximate surface area is 131 Å². The summed E-state index contributed by atoms with van der Waals surface area (Å²) in [4.78, 5) is 11.9. The molecule has 3 nitrogen and oxygen atoms in total. The number of ether oxygens (including phenoxy) is 2. The summed E-state index contributed by atoms with van der Waals surface area (Å²) in [5.74, 6) is 1.03. The molecule has 0 heterocycles. The maximum absolute atomic E-state index is 11.9. The summed E-state index contributed by atoms with van der Waals surface area (Å²) in [6.45, 7) is 10.4. The number of benzene rings is 2. The van der Waals surface area contributed by atoms with Gasteiger partial charge in [0.2, 0.25) is 0 Å². The van der Waals surface area contributed by atoms with Gasteiger partial charge in [-0.2, -0.15) is 0 Å². The van der Waals surface area contributed by atoms with E-state index in [1.807, 2.05) is 19.9 Å². The smallest absolute Gasteiger partial charge is 0.395 e. The molecular formula is C19H22O3. The van der Waals surface area contributed by atoms with Gasteiger partial charge in [0, 0.05) is 0 Å². The predicted molar refractivity (Wildman–Crippen MR) is 87.7 cm³/mol. The Morgan fingerprint density at radius 3 is 1.95 bits per heavy atom. The van der Waals surface area contributed by atoms with Gasteiger partial charge in [-0.25, -0.2) is 4.79 Å². The molecule has 0 bridgehead atoms. The number of para-hydroxylation sites is 1. The highest BCUT2D eigenvalue weighted by Gasteiger charge is 2.18. The Morgan fingerprint density at radius 1 is 0.909 bits per heavy atom. The van der Waals surface area contributed by atoms with E-state index in [2.05, 4.69) is 32.9 Å². The number of hydrogen-bond donors (Lipinski definition) is 0. The SMILES string of the molecule is Cc1cc(C(C)(C)C)cc(C)c1OC(=O)Oc1ccccc1. The number of rotatable bonds is 2. The predicted octanol–water partition coefficient (Wildman–Crippen LogP) is 5.18. The van der Waals surface area contributed by atoms with Gasteiger partial charge in [-0.05, 0) is 48.1 Å². The van der Waals surface area contributed by atoms with E-state index in [4.69, 9.17) is 9.47 Å². The van der Waals surface area contributed by atoms with Crippen LogP contribution in [0.5, 0.6) is 11.5 Å². The van der Waals surface area contributed by atoms with Crippen LogP contribution >= 0.6 is 0 Å². The molecule has 116 valence electrons. The zero-order chi connectivity index (χ0) is 16.3. The van der Waals surface area contributed by atoms with E-state index in [0.717, 1.165) is 11.1 Å². The normalized spacial score (nSPS) is 11.1. The zero-order valence-corrected chi connectivity index (χ0v) is 13.8. The van der Waals surface area contributed by atoms with Crippen molar-refractivity contribution in [2.24, 2.45) is 0 Å². The van der Waals surface area contributed by atoms with Crippen LogP contribution in [0.1, 0.15) is 37.5 Å². The Bertz CT molecular complexity index is 644. The summed E-state index contributed by atoms with van der Waals surface area (Å²) in [6, 6.07) is 13.0. The second kappa shape index (κ2) is 6.22. The number of hydrogen-bond acceptors (Lipinski definition) is 3. The molecule has 0 unspecified atom stereocenters. The fraction of sp³-hybridized carbons (Fsp3) is 0.316. The van der Waals surface area contributed by atoms with Gasteiger partial charge < -0.3 is 9.47 Å². The highest BCUT2D eigenvalue weighted by Crippen LogP contribution is 2.31. The minimum Gasteiger partial charge on any atom is -0.395 e. The van der Waals surface area contributed by atoms with E-state index in [-0.39, 0.29) is 5.41 Å². The van der Waals surface area contributed by atoms with E-state index in [9.17, 15) is 4.79 Å². The quantitative estimate of drug-likeness (QED) is 0.566. The van der Waals surface area contributed by atoms with Crippen molar-refractivity contribution in [1.29, 1.82) is 0 Å². The first-order valence-electron chi connectivity index (χ1n) is 7.34. The molecule has 0 aliphatic rings. The first-order valence-corrected chi connectivity index (χ1v) is 7.34. The molecule has 2 rings (SSSR count). The van der Waals surface area contributed by atoms with Crippen molar-refractivity contribution in [3.63, 3.8) is 0 Å². The second-order valence-electron chi connectivity index (χ2n) is 6.46. The number of carbonyl (C=O) groups excluding carboxylic acids is 1. The molecule has 0 fully saturated rings. The molecule has 0 saturated carbocycles. The Kier molecular flexibility index (Phi) is 4.55. The average Bonchev–Trinajstić information content (AvgIpc) is 2.42. The average molecular weight is 298 g/mol. The van der Waals surface area contributed by atoms with Crippen LogP contribution in [0.2, 0.25) is 0 Å². The minimum absolute atomic E-state index is 0.0542. The summed E-state index contributed by atoms with van der Waals surface area (Å²) in [6.07, 6.45) is -0.721. The summed E-state index contributed by atoms with van der Waals surface area (Å²) < 4.78 is 10.6. The topological polar surface area (TPSA) is 35.5 Å². The molecule has 2 aromatic carbocycles. The molecule has 0 aromatic heterocycles. The lowest BCUT2D eigenvalue weighted by atomic mass is 9.85. The first kappa shape index (κ1) is 16.1. The van der Waals surface area contributed by atoms with Crippen molar-refractivity contribution in [3.05, 3.63) is 59.2 Å². The van der Waals surface area contributed by atoms with Gasteiger partial charge in [0.05, 0.1) is 0 Å². The fourth-order valence-corrected chi connectivity index (χ4v) is 2.23. The van der Waals surface area contributed by atoms with Crippen LogP contribution in [0.25, 0.3) is 0 Å². The summed E-state index contributed by atoms with van der Waals surface area (Å²) in [5.41, 5.74) is 3.12. The van der Waals surface area contributed by atoms with Crippen LogP contribution in [0.15, 0.2) is 42.5 Å². The molecule has 0 N–H and O–H groups in total. The Morgan fingerprint density at radius 2 is 1.45 bits per heavy atom. The van der Waals surface area contributed by atoms with Gasteiger partial charge in [0.15, 0.2) is 0 Å². The van der Waals surface area contributed by atoms with Crippen molar-refractivity contribution < 1.29 is 14.3 Å². The molecule has 2 aromatic rings. The number of aryl methyl sites for hydroxylation is 2. The molecule has 0 spiro atoms. The van der Waals surface area contributed by atoms with E-state index >= 15 is 0 Å². The van der Waals surface area contributed by atoms with E-state index < -0.39 is 6.16 Å². The lowest BCUT2D eigenvalue weighted by molar-refractivity contribution is 0.151. The molecule has 0 radical (unpaired) electrons. The molecule has 0 aliphatic heterocycles. The monoisotopic (exact) mass is 298 g/mol. The molecule has 22 heavy (non-hydrogen) atoms. The maximum Gasteiger partial charge on any atom is 0.519 e. The van der Waals surface area contributed by atoms with Crippen molar-refractivity contribution in [3.8, 4) is 11.5 Å². The van der Waals surface area contributed by atoms with Crippen molar-refractivity contribution in [2.45, 2.75) is 40.0 Å². The summed E-state index contributed by atoms with van der Waals surface area (Å²) in [5, 5.41) is 0. The molecular weight excluding hydrogens is 276 g/mol. The molecule has 0 saturated heterocycles. The van der Waals surface area contributed by atoms with Crippen LogP contribution in [0, 0.1) is 13.8 Å². The third-order valence-electron chi connectivity index (χ3n) is 3.46. The lowest BCUT2D eigenvalue weighted by Crippen LogP contribution is -2.16. The largest absolute Gasteiger partial charge is 0.519 e. The van der Waals surface area contributed by atoms with E-state index in [1.54, 1.807) is 24.3 Å². The number of carbonyl (C=O) groups is 1. The zero-order valence-electron chi connectivity index (χ0n) is 13.8. The van der Waals surface area contributed by atoms with Gasteiger partial charge in [0.1, 0.15) is 11.5 Å². The van der Waals surface area contributed by atoms with Gasteiger partial charge in [-0.3, -0.25) is 0 Å². The highest BCUT2D eigenvalue weighted by molar-refractivity contribution is 5.68. The van der Waals surface area contributed by atoms with Crippen molar-refractivity contribution in [1.82, 2.24) is 0 Å². The van der Waals surface area contributed by atoms with Crippen LogP contribution in [-0.2, 0) is 5.41 Å². The fourth-order valence-electron chi connectivity index (χ4n) is 2.23. The van der Waals surface area contributed by atoms with Crippen LogP contribution in [-0.4, -0.2) is 6.16 Å². The van der Waals surface area contributed by atoms with Gasteiger partial charge >= 0.3 is 6.16 Å². The third kappa shape index (κ3) is 3.88. The van der Waals surface area contributed by atoms with E-state index in [0.29, 0.717) is 11.5 Å². The standard InChI is InChI=1S/C19H22O3/c1-13-11-15(19(3,4)5)12-14(2)17(13)22-18(20)21-16-9-7-6-8-10-16/h6-12H,1-5H3. The van der Waals surface area contributed by atoms with Gasteiger partial charge in [-0.15, -0.1) is 0 Å².